The summed E-state index contributed by atoms with van der Waals surface area (Å²) in [4.78, 5) is 4.24. The molecule has 0 radical (unpaired) electrons. The van der Waals surface area contributed by atoms with Gasteiger partial charge in [-0.3, -0.25) is 0 Å². The van der Waals surface area contributed by atoms with Gasteiger partial charge < -0.3 is 14.5 Å². The zero-order valence-electron chi connectivity index (χ0n) is 9.45. The Morgan fingerprint density at radius 3 is 3.07 bits per heavy atom. The highest BCUT2D eigenvalue weighted by atomic mass is 32.2. The average Bonchev–Trinajstić information content (AvgIpc) is 2.59. The summed E-state index contributed by atoms with van der Waals surface area (Å²) < 4.78 is 10.2. The van der Waals surface area contributed by atoms with E-state index in [9.17, 15) is 0 Å². The molecule has 4 nitrogen and oxygen atoms in total. The van der Waals surface area contributed by atoms with Crippen LogP contribution in [0.3, 0.4) is 0 Å². The summed E-state index contributed by atoms with van der Waals surface area (Å²) in [5.41, 5.74) is 0.928. The van der Waals surface area contributed by atoms with Crippen molar-refractivity contribution in [3.8, 4) is 0 Å². The van der Waals surface area contributed by atoms with E-state index in [1.807, 2.05) is 6.92 Å². The number of aryl methyl sites for hydroxylation is 1. The fraction of sp³-hybridized carbons (Fsp3) is 0.700. The Kier molecular flexibility index (Phi) is 5.75. The Hall–Kier alpha value is -0.520. The zero-order valence-corrected chi connectivity index (χ0v) is 10.3. The zero-order chi connectivity index (χ0) is 11.1. The van der Waals surface area contributed by atoms with Crippen LogP contribution in [0.25, 0.3) is 0 Å². The molecular weight excluding hydrogens is 212 g/mol. The second-order valence-corrected chi connectivity index (χ2v) is 4.77. The third-order valence-electron chi connectivity index (χ3n) is 1.81. The van der Waals surface area contributed by atoms with Crippen LogP contribution < -0.4 is 5.32 Å². The van der Waals surface area contributed by atoms with Crippen molar-refractivity contribution in [2.24, 2.45) is 0 Å². The van der Waals surface area contributed by atoms with Crippen LogP contribution in [0.1, 0.15) is 12.6 Å². The first-order valence-electron chi connectivity index (χ1n) is 5.01. The Labute approximate surface area is 94.8 Å². The first kappa shape index (κ1) is 12.5. The quantitative estimate of drug-likeness (QED) is 0.570. The number of rotatable bonds is 7. The predicted molar refractivity (Wildman–Crippen MR) is 61.3 cm³/mol. The minimum absolute atomic E-state index is 0.444. The summed E-state index contributed by atoms with van der Waals surface area (Å²) in [7, 11) is 1.70. The molecule has 0 saturated heterocycles. The Morgan fingerprint density at radius 2 is 2.47 bits per heavy atom. The van der Waals surface area contributed by atoms with E-state index in [-0.39, 0.29) is 0 Å². The van der Waals surface area contributed by atoms with E-state index in [0.717, 1.165) is 30.6 Å². The number of thioether (sulfide) groups is 1. The lowest BCUT2D eigenvalue weighted by Gasteiger charge is -2.09. The van der Waals surface area contributed by atoms with Crippen molar-refractivity contribution in [1.29, 1.82) is 0 Å². The SMILES string of the molecule is COCCNCC(C)Sc1nc(C)co1. The van der Waals surface area contributed by atoms with Crippen molar-refractivity contribution in [1.82, 2.24) is 10.3 Å². The van der Waals surface area contributed by atoms with E-state index in [2.05, 4.69) is 17.2 Å². The molecule has 0 bridgehead atoms. The van der Waals surface area contributed by atoms with E-state index in [4.69, 9.17) is 9.15 Å². The van der Waals surface area contributed by atoms with Gasteiger partial charge in [-0.15, -0.1) is 0 Å². The standard InChI is InChI=1S/C10H18N2O2S/c1-8-7-14-10(12-8)15-9(2)6-11-4-5-13-3/h7,9,11H,4-6H2,1-3H3. The van der Waals surface area contributed by atoms with Gasteiger partial charge in [-0.05, 0) is 6.92 Å². The maximum absolute atomic E-state index is 5.26. The van der Waals surface area contributed by atoms with Gasteiger partial charge in [-0.2, -0.15) is 0 Å². The number of oxazole rings is 1. The van der Waals surface area contributed by atoms with Crippen molar-refractivity contribution in [2.75, 3.05) is 26.8 Å². The molecule has 1 rings (SSSR count). The van der Waals surface area contributed by atoms with Crippen LogP contribution in [0.5, 0.6) is 0 Å². The summed E-state index contributed by atoms with van der Waals surface area (Å²) >= 11 is 1.64. The lowest BCUT2D eigenvalue weighted by Crippen LogP contribution is -2.26. The van der Waals surface area contributed by atoms with Gasteiger partial charge in [0, 0.05) is 25.4 Å². The molecule has 1 atom stereocenters. The number of hydrogen-bond acceptors (Lipinski definition) is 5. The number of aromatic nitrogens is 1. The fourth-order valence-electron chi connectivity index (χ4n) is 1.08. The highest BCUT2D eigenvalue weighted by molar-refractivity contribution is 7.99. The highest BCUT2D eigenvalue weighted by Gasteiger charge is 2.08. The molecule has 0 spiro atoms. The molecule has 0 saturated carbocycles. The molecule has 0 aliphatic heterocycles. The third kappa shape index (κ3) is 5.20. The van der Waals surface area contributed by atoms with E-state index >= 15 is 0 Å². The molecule has 0 aromatic carbocycles. The monoisotopic (exact) mass is 230 g/mol. The lowest BCUT2D eigenvalue weighted by molar-refractivity contribution is 0.199. The largest absolute Gasteiger partial charge is 0.440 e. The van der Waals surface area contributed by atoms with Crippen molar-refractivity contribution in [3.05, 3.63) is 12.0 Å². The second kappa shape index (κ2) is 6.87. The van der Waals surface area contributed by atoms with E-state index in [0.29, 0.717) is 5.25 Å². The summed E-state index contributed by atoms with van der Waals surface area (Å²) in [6.45, 7) is 6.62. The van der Waals surface area contributed by atoms with Crippen molar-refractivity contribution >= 4 is 11.8 Å². The smallest absolute Gasteiger partial charge is 0.256 e. The van der Waals surface area contributed by atoms with Crippen LogP contribution in [0.2, 0.25) is 0 Å². The van der Waals surface area contributed by atoms with Gasteiger partial charge in [0.2, 0.25) is 0 Å². The molecule has 5 heteroatoms. The molecule has 1 heterocycles. The molecule has 0 amide bonds. The number of hydrogen-bond donors (Lipinski definition) is 1. The predicted octanol–water partition coefficient (Wildman–Crippen LogP) is 1.70. The van der Waals surface area contributed by atoms with Crippen molar-refractivity contribution in [3.63, 3.8) is 0 Å². The van der Waals surface area contributed by atoms with Gasteiger partial charge >= 0.3 is 0 Å². The van der Waals surface area contributed by atoms with E-state index in [1.165, 1.54) is 0 Å². The Bertz CT molecular complexity index is 278. The first-order valence-corrected chi connectivity index (χ1v) is 5.88. The van der Waals surface area contributed by atoms with Crippen LogP contribution in [-0.4, -0.2) is 37.0 Å². The second-order valence-electron chi connectivity index (χ2n) is 3.38. The topological polar surface area (TPSA) is 47.3 Å². The van der Waals surface area contributed by atoms with E-state index in [1.54, 1.807) is 25.1 Å². The van der Waals surface area contributed by atoms with Gasteiger partial charge in [0.05, 0.1) is 12.3 Å². The molecule has 0 fully saturated rings. The number of nitrogens with one attached hydrogen (secondary N) is 1. The Morgan fingerprint density at radius 1 is 1.67 bits per heavy atom. The van der Waals surface area contributed by atoms with Crippen LogP contribution in [0.15, 0.2) is 15.9 Å². The van der Waals surface area contributed by atoms with Crippen LogP contribution in [0, 0.1) is 6.92 Å². The average molecular weight is 230 g/mol. The molecular formula is C10H18N2O2S. The van der Waals surface area contributed by atoms with Crippen molar-refractivity contribution in [2.45, 2.75) is 24.3 Å². The summed E-state index contributed by atoms with van der Waals surface area (Å²) in [6, 6.07) is 0. The van der Waals surface area contributed by atoms with Gasteiger partial charge in [0.1, 0.15) is 6.26 Å². The molecule has 1 aromatic heterocycles. The van der Waals surface area contributed by atoms with Gasteiger partial charge in [-0.1, -0.05) is 18.7 Å². The number of nitrogens with zero attached hydrogens (tertiary/aromatic N) is 1. The minimum Gasteiger partial charge on any atom is -0.440 e. The van der Waals surface area contributed by atoms with Gasteiger partial charge in [0.25, 0.3) is 5.22 Å². The summed E-state index contributed by atoms with van der Waals surface area (Å²) in [6.07, 6.45) is 1.67. The normalized spacial score (nSPS) is 13.0. The maximum atomic E-state index is 5.26. The third-order valence-corrected chi connectivity index (χ3v) is 2.77. The highest BCUT2D eigenvalue weighted by Crippen LogP contribution is 2.21. The number of methoxy groups -OCH3 is 1. The Balaban J connectivity index is 2.15. The van der Waals surface area contributed by atoms with Crippen molar-refractivity contribution < 1.29 is 9.15 Å². The van der Waals surface area contributed by atoms with Crippen LogP contribution in [0.4, 0.5) is 0 Å². The maximum Gasteiger partial charge on any atom is 0.256 e. The fourth-order valence-corrected chi connectivity index (χ4v) is 1.93. The molecule has 0 aliphatic rings. The molecule has 0 aliphatic carbocycles. The first-order chi connectivity index (χ1) is 7.22. The van der Waals surface area contributed by atoms with E-state index < -0.39 is 0 Å². The molecule has 1 aromatic rings. The summed E-state index contributed by atoms with van der Waals surface area (Å²) in [5.74, 6) is 0. The lowest BCUT2D eigenvalue weighted by atomic mass is 10.4. The van der Waals surface area contributed by atoms with Crippen LogP contribution in [-0.2, 0) is 4.74 Å². The van der Waals surface area contributed by atoms with Gasteiger partial charge in [-0.25, -0.2) is 4.98 Å². The van der Waals surface area contributed by atoms with Gasteiger partial charge in [0.15, 0.2) is 0 Å². The molecule has 1 N–H and O–H groups in total. The molecule has 86 valence electrons. The molecule has 1 unspecified atom stereocenters. The van der Waals surface area contributed by atoms with Crippen LogP contribution >= 0.6 is 11.8 Å². The number of ether oxygens (including phenoxy) is 1. The minimum atomic E-state index is 0.444. The summed E-state index contributed by atoms with van der Waals surface area (Å²) in [5, 5.41) is 4.49. The molecule has 15 heavy (non-hydrogen) atoms.